The fourth-order valence-electron chi connectivity index (χ4n) is 2.65. The molecule has 0 saturated carbocycles. The zero-order valence-corrected chi connectivity index (χ0v) is 16.5. The first-order chi connectivity index (χ1) is 14.6. The lowest BCUT2D eigenvalue weighted by atomic mass is 10.1. The Morgan fingerprint density at radius 2 is 1.60 bits per heavy atom. The molecule has 0 aliphatic heterocycles. The summed E-state index contributed by atoms with van der Waals surface area (Å²) in [5, 5.41) is 8.13. The van der Waals surface area contributed by atoms with Crippen molar-refractivity contribution in [2.75, 3.05) is 11.9 Å². The molecule has 0 bridgehead atoms. The van der Waals surface area contributed by atoms with E-state index in [2.05, 4.69) is 15.8 Å². The molecule has 0 fully saturated rings. The summed E-state index contributed by atoms with van der Waals surface area (Å²) in [6.45, 7) is 0.0904. The third kappa shape index (κ3) is 5.65. The van der Waals surface area contributed by atoms with Crippen molar-refractivity contribution < 1.29 is 14.3 Å². The van der Waals surface area contributed by atoms with Crippen LogP contribution in [0.4, 0.5) is 10.5 Å². The van der Waals surface area contributed by atoms with Crippen LogP contribution >= 0.6 is 11.6 Å². The van der Waals surface area contributed by atoms with E-state index in [4.69, 9.17) is 16.3 Å². The number of carbonyl (C=O) groups is 2. The van der Waals surface area contributed by atoms with Gasteiger partial charge in [-0.3, -0.25) is 10.1 Å². The molecule has 3 aromatic carbocycles. The predicted molar refractivity (Wildman–Crippen MR) is 115 cm³/mol. The molecule has 0 aromatic heterocycles. The molecular formula is C22H18ClN3O4. The minimum absolute atomic E-state index is 0.0904. The van der Waals surface area contributed by atoms with Gasteiger partial charge in [0.15, 0.2) is 6.04 Å². The number of carbonyl (C=O) groups excluding carboxylic acids is 2. The summed E-state index contributed by atoms with van der Waals surface area (Å²) in [7, 11) is 0. The van der Waals surface area contributed by atoms with Crippen LogP contribution in [-0.2, 0) is 0 Å². The zero-order valence-electron chi connectivity index (χ0n) is 15.7. The Kier molecular flexibility index (Phi) is 7.13. The molecule has 0 saturated heterocycles. The van der Waals surface area contributed by atoms with Gasteiger partial charge in [0.1, 0.15) is 12.4 Å². The maximum Gasteiger partial charge on any atom is 0.326 e. The number of nitrogens with one attached hydrogen (secondary N) is 2. The van der Waals surface area contributed by atoms with E-state index in [0.717, 1.165) is 5.56 Å². The third-order valence-corrected chi connectivity index (χ3v) is 4.51. The highest BCUT2D eigenvalue weighted by molar-refractivity contribution is 6.34. The van der Waals surface area contributed by atoms with Crippen LogP contribution < -0.4 is 15.4 Å². The summed E-state index contributed by atoms with van der Waals surface area (Å²) in [6, 6.07) is 20.8. The molecule has 30 heavy (non-hydrogen) atoms. The second kappa shape index (κ2) is 10.2. The van der Waals surface area contributed by atoms with E-state index in [0.29, 0.717) is 11.4 Å². The van der Waals surface area contributed by atoms with Crippen LogP contribution in [-0.4, -0.2) is 18.5 Å². The van der Waals surface area contributed by atoms with E-state index in [1.807, 2.05) is 30.3 Å². The largest absolute Gasteiger partial charge is 0.491 e. The van der Waals surface area contributed by atoms with Crippen molar-refractivity contribution in [1.29, 1.82) is 0 Å². The van der Waals surface area contributed by atoms with E-state index < -0.39 is 18.0 Å². The molecule has 0 spiro atoms. The van der Waals surface area contributed by atoms with Crippen LogP contribution in [0.3, 0.4) is 0 Å². The monoisotopic (exact) mass is 423 g/mol. The summed E-state index contributed by atoms with van der Waals surface area (Å²) in [5.74, 6) is -0.0935. The molecule has 0 aliphatic rings. The van der Waals surface area contributed by atoms with Crippen molar-refractivity contribution in [3.63, 3.8) is 0 Å². The molecule has 1 atom stereocenters. The van der Waals surface area contributed by atoms with Crippen LogP contribution in [0.25, 0.3) is 0 Å². The van der Waals surface area contributed by atoms with Gasteiger partial charge in [0, 0.05) is 5.69 Å². The molecule has 3 rings (SSSR count). The molecule has 1 unspecified atom stereocenters. The van der Waals surface area contributed by atoms with E-state index in [1.54, 1.807) is 42.5 Å². The standard InChI is InChI=1S/C22H18ClN3O4/c23-19-9-5-4-8-18(19)21(27)25-22(28)24-16-10-12-17(13-11-16)30-14-20(26-29)15-6-2-1-3-7-15/h1-13,20H,14H2,(H2,24,25,27,28). The first-order valence-electron chi connectivity index (χ1n) is 9.04. The van der Waals surface area contributed by atoms with Gasteiger partial charge in [-0.25, -0.2) is 4.79 Å². The van der Waals surface area contributed by atoms with E-state index in [9.17, 15) is 14.5 Å². The van der Waals surface area contributed by atoms with E-state index >= 15 is 0 Å². The van der Waals surface area contributed by atoms with Crippen molar-refractivity contribution in [2.45, 2.75) is 6.04 Å². The van der Waals surface area contributed by atoms with Gasteiger partial charge in [0.05, 0.1) is 10.6 Å². The number of amides is 3. The van der Waals surface area contributed by atoms with Crippen molar-refractivity contribution in [3.05, 3.63) is 99.9 Å². The van der Waals surface area contributed by atoms with Crippen molar-refractivity contribution in [1.82, 2.24) is 5.32 Å². The Bertz CT molecular complexity index is 1030. The summed E-state index contributed by atoms with van der Waals surface area (Å²) in [4.78, 5) is 35.2. The van der Waals surface area contributed by atoms with Gasteiger partial charge in [-0.15, -0.1) is 0 Å². The molecule has 152 valence electrons. The molecule has 7 nitrogen and oxygen atoms in total. The van der Waals surface area contributed by atoms with Crippen molar-refractivity contribution in [2.24, 2.45) is 5.18 Å². The zero-order chi connectivity index (χ0) is 21.3. The van der Waals surface area contributed by atoms with Crippen LogP contribution in [0.15, 0.2) is 84.0 Å². The number of anilines is 1. The quantitative estimate of drug-likeness (QED) is 0.511. The smallest absolute Gasteiger partial charge is 0.326 e. The summed E-state index contributed by atoms with van der Waals surface area (Å²) in [5.41, 5.74) is 1.43. The molecule has 0 radical (unpaired) electrons. The Morgan fingerprint density at radius 3 is 2.27 bits per heavy atom. The number of ether oxygens (including phenoxy) is 1. The van der Waals surface area contributed by atoms with Gasteiger partial charge in [-0.1, -0.05) is 59.2 Å². The molecule has 0 heterocycles. The Hall–Kier alpha value is -3.71. The topological polar surface area (TPSA) is 96.9 Å². The second-order valence-electron chi connectivity index (χ2n) is 6.26. The highest BCUT2D eigenvalue weighted by Crippen LogP contribution is 2.21. The van der Waals surface area contributed by atoms with Crippen molar-refractivity contribution in [3.8, 4) is 5.75 Å². The first-order valence-corrected chi connectivity index (χ1v) is 9.42. The highest BCUT2D eigenvalue weighted by Gasteiger charge is 2.14. The van der Waals surface area contributed by atoms with Gasteiger partial charge in [0.2, 0.25) is 0 Å². The Morgan fingerprint density at radius 1 is 0.933 bits per heavy atom. The van der Waals surface area contributed by atoms with Crippen LogP contribution in [0.1, 0.15) is 22.0 Å². The third-order valence-electron chi connectivity index (χ3n) is 4.18. The average Bonchev–Trinajstić information content (AvgIpc) is 2.76. The molecule has 2 N–H and O–H groups in total. The molecule has 8 heteroatoms. The minimum atomic E-state index is -0.692. The lowest BCUT2D eigenvalue weighted by molar-refractivity contribution is 0.0967. The van der Waals surface area contributed by atoms with Gasteiger partial charge in [-0.05, 0) is 42.0 Å². The average molecular weight is 424 g/mol. The van der Waals surface area contributed by atoms with Gasteiger partial charge in [-0.2, -0.15) is 4.91 Å². The number of hydrogen-bond acceptors (Lipinski definition) is 5. The maximum atomic E-state index is 12.1. The summed E-state index contributed by atoms with van der Waals surface area (Å²) < 4.78 is 5.62. The number of imide groups is 1. The number of halogens is 1. The maximum absolute atomic E-state index is 12.1. The summed E-state index contributed by atoms with van der Waals surface area (Å²) >= 11 is 5.95. The number of rotatable bonds is 7. The predicted octanol–water partition coefficient (Wildman–Crippen LogP) is 5.19. The number of hydrogen-bond donors (Lipinski definition) is 2. The molecule has 3 aromatic rings. The van der Waals surface area contributed by atoms with E-state index in [1.165, 1.54) is 6.07 Å². The van der Waals surface area contributed by atoms with Gasteiger partial charge < -0.3 is 10.1 Å². The normalized spacial score (nSPS) is 11.2. The van der Waals surface area contributed by atoms with Crippen LogP contribution in [0.2, 0.25) is 5.02 Å². The minimum Gasteiger partial charge on any atom is -0.491 e. The lowest BCUT2D eigenvalue weighted by Gasteiger charge is -2.12. The van der Waals surface area contributed by atoms with E-state index in [-0.39, 0.29) is 17.2 Å². The molecule has 0 aliphatic carbocycles. The summed E-state index contributed by atoms with van der Waals surface area (Å²) in [6.07, 6.45) is 0. The SMILES string of the molecule is O=NC(COc1ccc(NC(=O)NC(=O)c2ccccc2Cl)cc1)c1ccccc1. The highest BCUT2D eigenvalue weighted by atomic mass is 35.5. The Balaban J connectivity index is 1.53. The Labute approximate surface area is 178 Å². The fraction of sp³-hybridized carbons (Fsp3) is 0.0909. The number of nitroso groups, excluding NO2 is 1. The van der Waals surface area contributed by atoms with Gasteiger partial charge in [0.25, 0.3) is 5.91 Å². The van der Waals surface area contributed by atoms with Crippen molar-refractivity contribution >= 4 is 29.2 Å². The molecular weight excluding hydrogens is 406 g/mol. The number of nitrogens with zero attached hydrogens (tertiary/aromatic N) is 1. The molecule has 3 amide bonds. The van der Waals surface area contributed by atoms with Crippen LogP contribution in [0, 0.1) is 4.91 Å². The van der Waals surface area contributed by atoms with Gasteiger partial charge >= 0.3 is 6.03 Å². The fourth-order valence-corrected chi connectivity index (χ4v) is 2.87. The number of urea groups is 1. The lowest BCUT2D eigenvalue weighted by Crippen LogP contribution is -2.34. The second-order valence-corrected chi connectivity index (χ2v) is 6.66. The number of benzene rings is 3. The van der Waals surface area contributed by atoms with Crippen LogP contribution in [0.5, 0.6) is 5.75 Å². The first kappa shape index (κ1) is 21.0.